The first-order valence-corrected chi connectivity index (χ1v) is 9.85. The van der Waals surface area contributed by atoms with E-state index in [1.807, 2.05) is 81.4 Å². The van der Waals surface area contributed by atoms with Gasteiger partial charge < -0.3 is 14.8 Å². The lowest BCUT2D eigenvalue weighted by Crippen LogP contribution is -2.43. The van der Waals surface area contributed by atoms with Gasteiger partial charge in [0, 0.05) is 6.54 Å². The standard InChI is InChI=1S/C23H28N2O4/c1-23(2,3)29-21(26)24-19-14-15-25(20(19)18-12-8-5-9-13-18)22(27)28-16-17-10-6-4-7-11-17/h4-13,19-20H,14-16H2,1-3H3,(H,24,26)/t19-,20+/m0/s1. The molecule has 29 heavy (non-hydrogen) atoms. The maximum atomic E-state index is 12.8. The molecule has 0 aromatic heterocycles. The normalized spacial score (nSPS) is 18.9. The van der Waals surface area contributed by atoms with Gasteiger partial charge in [-0.2, -0.15) is 0 Å². The van der Waals surface area contributed by atoms with Crippen LogP contribution in [0.15, 0.2) is 60.7 Å². The van der Waals surface area contributed by atoms with Crippen LogP contribution in [-0.2, 0) is 16.1 Å². The summed E-state index contributed by atoms with van der Waals surface area (Å²) in [6.45, 7) is 6.17. The Bertz CT molecular complexity index is 818. The molecule has 1 heterocycles. The largest absolute Gasteiger partial charge is 0.445 e. The van der Waals surface area contributed by atoms with E-state index in [2.05, 4.69) is 5.32 Å². The predicted molar refractivity (Wildman–Crippen MR) is 110 cm³/mol. The fourth-order valence-corrected chi connectivity index (χ4v) is 3.47. The third-order valence-corrected chi connectivity index (χ3v) is 4.68. The molecule has 3 rings (SSSR count). The number of carbonyl (C=O) groups is 2. The fraction of sp³-hybridized carbons (Fsp3) is 0.391. The van der Waals surface area contributed by atoms with Gasteiger partial charge >= 0.3 is 12.2 Å². The van der Waals surface area contributed by atoms with Crippen molar-refractivity contribution in [2.45, 2.75) is 51.5 Å². The van der Waals surface area contributed by atoms with Crippen LogP contribution >= 0.6 is 0 Å². The van der Waals surface area contributed by atoms with E-state index >= 15 is 0 Å². The SMILES string of the molecule is CC(C)(C)OC(=O)N[C@H]1CCN(C(=O)OCc2ccccc2)[C@@H]1c1ccccc1. The highest BCUT2D eigenvalue weighted by molar-refractivity contribution is 5.71. The Kier molecular flexibility index (Phi) is 6.42. The summed E-state index contributed by atoms with van der Waals surface area (Å²) in [7, 11) is 0. The molecule has 0 spiro atoms. The summed E-state index contributed by atoms with van der Waals surface area (Å²) in [4.78, 5) is 26.8. The van der Waals surface area contributed by atoms with Gasteiger partial charge in [0.15, 0.2) is 0 Å². The monoisotopic (exact) mass is 396 g/mol. The first-order valence-electron chi connectivity index (χ1n) is 9.85. The van der Waals surface area contributed by atoms with Crippen LogP contribution in [0.4, 0.5) is 9.59 Å². The number of ether oxygens (including phenoxy) is 2. The minimum atomic E-state index is -0.584. The molecule has 2 aromatic carbocycles. The van der Waals surface area contributed by atoms with Crippen LogP contribution in [0.1, 0.15) is 44.4 Å². The number of hydrogen-bond donors (Lipinski definition) is 1. The number of rotatable bonds is 4. The molecular formula is C23H28N2O4. The lowest BCUT2D eigenvalue weighted by atomic mass is 10.0. The first-order chi connectivity index (χ1) is 13.8. The lowest BCUT2D eigenvalue weighted by molar-refractivity contribution is 0.0482. The third-order valence-electron chi connectivity index (χ3n) is 4.68. The third kappa shape index (κ3) is 5.73. The van der Waals surface area contributed by atoms with E-state index in [0.717, 1.165) is 11.1 Å². The molecule has 2 amide bonds. The Balaban J connectivity index is 1.72. The Morgan fingerprint density at radius 3 is 2.28 bits per heavy atom. The van der Waals surface area contributed by atoms with Crippen LogP contribution in [0.2, 0.25) is 0 Å². The summed E-state index contributed by atoms with van der Waals surface area (Å²) < 4.78 is 10.9. The second-order valence-electron chi connectivity index (χ2n) is 8.13. The summed E-state index contributed by atoms with van der Waals surface area (Å²) in [5.74, 6) is 0. The zero-order valence-electron chi connectivity index (χ0n) is 17.1. The summed E-state index contributed by atoms with van der Waals surface area (Å²) in [5, 5.41) is 2.93. The minimum Gasteiger partial charge on any atom is -0.445 e. The molecule has 0 saturated carbocycles. The van der Waals surface area contributed by atoms with Crippen LogP contribution in [0.3, 0.4) is 0 Å². The van der Waals surface area contributed by atoms with Gasteiger partial charge in [0.05, 0.1) is 12.1 Å². The molecule has 1 aliphatic rings. The zero-order chi connectivity index (χ0) is 20.9. The highest BCUT2D eigenvalue weighted by atomic mass is 16.6. The van der Waals surface area contributed by atoms with Crippen molar-refractivity contribution in [1.29, 1.82) is 0 Å². The number of nitrogens with zero attached hydrogens (tertiary/aromatic N) is 1. The fourth-order valence-electron chi connectivity index (χ4n) is 3.47. The molecule has 6 heteroatoms. The Morgan fingerprint density at radius 2 is 1.66 bits per heavy atom. The molecule has 0 aliphatic carbocycles. The van der Waals surface area contributed by atoms with Crippen molar-refractivity contribution < 1.29 is 19.1 Å². The number of likely N-dealkylation sites (tertiary alicyclic amines) is 1. The molecule has 0 radical (unpaired) electrons. The quantitative estimate of drug-likeness (QED) is 0.816. The van der Waals surface area contributed by atoms with Gasteiger partial charge in [-0.15, -0.1) is 0 Å². The molecule has 154 valence electrons. The number of amides is 2. The minimum absolute atomic E-state index is 0.210. The van der Waals surface area contributed by atoms with Gasteiger partial charge in [0.25, 0.3) is 0 Å². The van der Waals surface area contributed by atoms with E-state index in [-0.39, 0.29) is 18.7 Å². The second-order valence-corrected chi connectivity index (χ2v) is 8.13. The van der Waals surface area contributed by atoms with Crippen LogP contribution in [0.25, 0.3) is 0 Å². The topological polar surface area (TPSA) is 67.9 Å². The number of benzene rings is 2. The summed E-state index contributed by atoms with van der Waals surface area (Å²) >= 11 is 0. The average Bonchev–Trinajstić information content (AvgIpc) is 3.09. The van der Waals surface area contributed by atoms with Crippen molar-refractivity contribution in [3.8, 4) is 0 Å². The van der Waals surface area contributed by atoms with E-state index in [1.165, 1.54) is 0 Å². The summed E-state index contributed by atoms with van der Waals surface area (Å²) in [6.07, 6.45) is -0.252. The van der Waals surface area contributed by atoms with E-state index in [1.54, 1.807) is 4.90 Å². The van der Waals surface area contributed by atoms with E-state index in [0.29, 0.717) is 13.0 Å². The van der Waals surface area contributed by atoms with Crippen LogP contribution in [-0.4, -0.2) is 35.3 Å². The van der Waals surface area contributed by atoms with Gasteiger partial charge in [0.2, 0.25) is 0 Å². The van der Waals surface area contributed by atoms with Crippen molar-refractivity contribution in [1.82, 2.24) is 10.2 Å². The van der Waals surface area contributed by atoms with Crippen LogP contribution in [0.5, 0.6) is 0 Å². The Morgan fingerprint density at radius 1 is 1.03 bits per heavy atom. The second kappa shape index (κ2) is 8.99. The van der Waals surface area contributed by atoms with Gasteiger partial charge in [-0.1, -0.05) is 60.7 Å². The number of alkyl carbamates (subject to hydrolysis) is 1. The first kappa shape index (κ1) is 20.7. The molecule has 0 bridgehead atoms. The molecular weight excluding hydrogens is 368 g/mol. The summed E-state index contributed by atoms with van der Waals surface area (Å²) in [5.41, 5.74) is 1.29. The van der Waals surface area contributed by atoms with Gasteiger partial charge in [-0.3, -0.25) is 4.90 Å². The molecule has 1 saturated heterocycles. The average molecular weight is 396 g/mol. The number of nitrogens with one attached hydrogen (secondary N) is 1. The molecule has 2 atom stereocenters. The van der Waals surface area contributed by atoms with Crippen molar-refractivity contribution in [2.75, 3.05) is 6.54 Å². The Hall–Kier alpha value is -3.02. The van der Waals surface area contributed by atoms with Crippen LogP contribution < -0.4 is 5.32 Å². The molecule has 1 aliphatic heterocycles. The lowest BCUT2D eigenvalue weighted by Gasteiger charge is -2.29. The molecule has 1 fully saturated rings. The molecule has 0 unspecified atom stereocenters. The van der Waals surface area contributed by atoms with Crippen molar-refractivity contribution >= 4 is 12.2 Å². The molecule has 2 aromatic rings. The van der Waals surface area contributed by atoms with Crippen molar-refractivity contribution in [2.24, 2.45) is 0 Å². The number of carbonyl (C=O) groups excluding carboxylic acids is 2. The predicted octanol–water partition coefficient (Wildman–Crippen LogP) is 4.66. The van der Waals surface area contributed by atoms with Gasteiger partial charge in [-0.05, 0) is 38.3 Å². The summed E-state index contributed by atoms with van der Waals surface area (Å²) in [6, 6.07) is 18.7. The van der Waals surface area contributed by atoms with E-state index in [4.69, 9.17) is 9.47 Å². The van der Waals surface area contributed by atoms with E-state index in [9.17, 15) is 9.59 Å². The zero-order valence-corrected chi connectivity index (χ0v) is 17.1. The molecule has 6 nitrogen and oxygen atoms in total. The highest BCUT2D eigenvalue weighted by Crippen LogP contribution is 2.33. The van der Waals surface area contributed by atoms with Crippen LogP contribution in [0, 0.1) is 0 Å². The Labute approximate surface area is 171 Å². The number of hydrogen-bond acceptors (Lipinski definition) is 4. The maximum absolute atomic E-state index is 12.8. The maximum Gasteiger partial charge on any atom is 0.410 e. The highest BCUT2D eigenvalue weighted by Gasteiger charge is 2.40. The smallest absolute Gasteiger partial charge is 0.410 e. The van der Waals surface area contributed by atoms with E-state index < -0.39 is 17.8 Å². The molecule has 1 N–H and O–H groups in total. The van der Waals surface area contributed by atoms with Crippen molar-refractivity contribution in [3.63, 3.8) is 0 Å². The van der Waals surface area contributed by atoms with Gasteiger partial charge in [0.1, 0.15) is 12.2 Å². The van der Waals surface area contributed by atoms with Gasteiger partial charge in [-0.25, -0.2) is 9.59 Å². The van der Waals surface area contributed by atoms with Crippen molar-refractivity contribution in [3.05, 3.63) is 71.8 Å².